The van der Waals surface area contributed by atoms with Crippen LogP contribution >= 0.6 is 0 Å². The van der Waals surface area contributed by atoms with E-state index in [9.17, 15) is 9.59 Å². The summed E-state index contributed by atoms with van der Waals surface area (Å²) in [5, 5.41) is 8.59. The third-order valence-electron chi connectivity index (χ3n) is 5.64. The largest absolute Gasteiger partial charge is 0.335 e. The number of rotatable bonds is 5. The molecule has 2 aromatic rings. The Kier molecular flexibility index (Phi) is 5.74. The van der Waals surface area contributed by atoms with Gasteiger partial charge in [-0.05, 0) is 43.0 Å². The second-order valence-corrected chi connectivity index (χ2v) is 7.76. The smallest absolute Gasteiger partial charge is 0.246 e. The van der Waals surface area contributed by atoms with E-state index in [1.807, 2.05) is 29.2 Å². The van der Waals surface area contributed by atoms with Gasteiger partial charge in [0.1, 0.15) is 5.82 Å². The van der Waals surface area contributed by atoms with E-state index >= 15 is 0 Å². The predicted molar refractivity (Wildman–Crippen MR) is 111 cm³/mol. The van der Waals surface area contributed by atoms with Crippen LogP contribution in [0.2, 0.25) is 0 Å². The first-order valence-electron chi connectivity index (χ1n) is 10.4. The fourth-order valence-corrected chi connectivity index (χ4v) is 3.93. The van der Waals surface area contributed by atoms with Crippen LogP contribution in [0.15, 0.2) is 30.3 Å². The van der Waals surface area contributed by atoms with E-state index in [4.69, 9.17) is 0 Å². The average molecular weight is 393 g/mol. The van der Waals surface area contributed by atoms with Crippen molar-refractivity contribution in [3.63, 3.8) is 0 Å². The summed E-state index contributed by atoms with van der Waals surface area (Å²) in [6, 6.07) is 7.73. The van der Waals surface area contributed by atoms with Gasteiger partial charge < -0.3 is 14.4 Å². The van der Waals surface area contributed by atoms with Crippen molar-refractivity contribution in [2.24, 2.45) is 0 Å². The summed E-state index contributed by atoms with van der Waals surface area (Å²) in [6.07, 6.45) is 9.38. The summed E-state index contributed by atoms with van der Waals surface area (Å²) < 4.78 is 2.17. The van der Waals surface area contributed by atoms with E-state index < -0.39 is 0 Å². The minimum absolute atomic E-state index is 0.0743. The Bertz CT molecular complexity index is 916. The second-order valence-electron chi connectivity index (χ2n) is 7.76. The number of nitrogens with zero attached hydrogens (tertiary/aromatic N) is 5. The maximum Gasteiger partial charge on any atom is 0.246 e. The first-order chi connectivity index (χ1) is 14.1. The van der Waals surface area contributed by atoms with E-state index in [0.29, 0.717) is 13.0 Å². The Hall–Kier alpha value is -2.96. The lowest BCUT2D eigenvalue weighted by Gasteiger charge is -2.16. The number of carbonyl (C=O) groups excluding carboxylic acids is 2. The number of hydrogen-bond donors (Lipinski definition) is 0. The molecule has 0 saturated carbocycles. The number of hydrogen-bond acceptors (Lipinski definition) is 4. The quantitative estimate of drug-likeness (QED) is 0.733. The zero-order valence-electron chi connectivity index (χ0n) is 16.9. The highest BCUT2D eigenvalue weighted by Gasteiger charge is 2.21. The molecule has 2 aliphatic heterocycles. The number of aryl methyl sites for hydroxylation is 1. The molecule has 1 fully saturated rings. The topological polar surface area (TPSA) is 71.3 Å². The number of likely N-dealkylation sites (N-methyl/N-ethyl adjacent to an activating group) is 1. The molecule has 2 amide bonds. The molecule has 3 heterocycles. The number of carbonyl (C=O) groups is 2. The minimum Gasteiger partial charge on any atom is -0.335 e. The first kappa shape index (κ1) is 19.4. The summed E-state index contributed by atoms with van der Waals surface area (Å²) >= 11 is 0. The number of benzene rings is 1. The van der Waals surface area contributed by atoms with Gasteiger partial charge in [-0.2, -0.15) is 0 Å². The molecule has 29 heavy (non-hydrogen) atoms. The monoisotopic (exact) mass is 393 g/mol. The third-order valence-corrected chi connectivity index (χ3v) is 5.64. The highest BCUT2D eigenvalue weighted by Crippen LogP contribution is 2.22. The van der Waals surface area contributed by atoms with Gasteiger partial charge >= 0.3 is 0 Å². The molecule has 7 heteroatoms. The number of fused-ring (bicyclic) bond motifs is 1. The van der Waals surface area contributed by atoms with Crippen molar-refractivity contribution in [3.8, 4) is 0 Å². The predicted octanol–water partition coefficient (Wildman–Crippen LogP) is 2.80. The number of aromatic nitrogens is 3. The van der Waals surface area contributed by atoms with Crippen LogP contribution in [-0.2, 0) is 29.1 Å². The molecule has 0 unspecified atom stereocenters. The van der Waals surface area contributed by atoms with E-state index in [0.717, 1.165) is 61.7 Å². The van der Waals surface area contributed by atoms with Crippen molar-refractivity contribution < 1.29 is 9.59 Å². The maximum absolute atomic E-state index is 12.5. The van der Waals surface area contributed by atoms with Crippen LogP contribution in [0.4, 0.5) is 5.69 Å². The molecule has 2 aliphatic rings. The number of anilines is 1. The summed E-state index contributed by atoms with van der Waals surface area (Å²) in [4.78, 5) is 27.8. The SMILES string of the molecule is CN(Cc1nnc2n1CCCCC2)C(=O)C=Cc1ccc(N2CCCC2=O)cc1. The zero-order chi connectivity index (χ0) is 20.2. The fraction of sp³-hybridized carbons (Fsp3) is 0.455. The molecule has 1 saturated heterocycles. The maximum atomic E-state index is 12.5. The Morgan fingerprint density at radius 3 is 2.66 bits per heavy atom. The lowest BCUT2D eigenvalue weighted by molar-refractivity contribution is -0.125. The van der Waals surface area contributed by atoms with Crippen LogP contribution in [-0.4, -0.2) is 45.1 Å². The highest BCUT2D eigenvalue weighted by atomic mass is 16.2. The molecular weight excluding hydrogens is 366 g/mol. The standard InChI is InChI=1S/C22H27N5O2/c1-25(16-20-24-23-19-6-3-2-4-14-27(19)20)21(28)13-10-17-8-11-18(12-9-17)26-15-5-7-22(26)29/h8-13H,2-7,14-16H2,1H3. The lowest BCUT2D eigenvalue weighted by atomic mass is 10.2. The van der Waals surface area contributed by atoms with E-state index in [1.54, 1.807) is 24.1 Å². The summed E-state index contributed by atoms with van der Waals surface area (Å²) in [5.41, 5.74) is 1.85. The molecule has 7 nitrogen and oxygen atoms in total. The molecule has 0 atom stereocenters. The van der Waals surface area contributed by atoms with E-state index in [-0.39, 0.29) is 11.8 Å². The van der Waals surface area contributed by atoms with Crippen LogP contribution in [0.5, 0.6) is 0 Å². The molecule has 1 aromatic carbocycles. The molecule has 1 aromatic heterocycles. The van der Waals surface area contributed by atoms with Gasteiger partial charge in [-0.3, -0.25) is 9.59 Å². The van der Waals surface area contributed by atoms with E-state index in [2.05, 4.69) is 14.8 Å². The Morgan fingerprint density at radius 2 is 1.90 bits per heavy atom. The molecule has 0 aliphatic carbocycles. The minimum atomic E-state index is -0.0743. The Labute approximate surface area is 171 Å². The lowest BCUT2D eigenvalue weighted by Crippen LogP contribution is -2.26. The van der Waals surface area contributed by atoms with Gasteiger partial charge in [0.15, 0.2) is 5.82 Å². The van der Waals surface area contributed by atoms with Crippen LogP contribution in [0.25, 0.3) is 6.08 Å². The van der Waals surface area contributed by atoms with Gasteiger partial charge in [-0.1, -0.05) is 18.6 Å². The molecule has 0 bridgehead atoms. The average Bonchev–Trinajstić information content (AvgIpc) is 3.24. The van der Waals surface area contributed by atoms with Crippen LogP contribution < -0.4 is 4.90 Å². The van der Waals surface area contributed by atoms with Crippen molar-refractivity contribution in [2.45, 2.75) is 51.6 Å². The third kappa shape index (κ3) is 4.39. The van der Waals surface area contributed by atoms with E-state index in [1.165, 1.54) is 6.42 Å². The summed E-state index contributed by atoms with van der Waals surface area (Å²) in [6.45, 7) is 2.16. The van der Waals surface area contributed by atoms with Gasteiger partial charge in [0.05, 0.1) is 6.54 Å². The van der Waals surface area contributed by atoms with Crippen molar-refractivity contribution in [1.29, 1.82) is 0 Å². The van der Waals surface area contributed by atoms with Crippen molar-refractivity contribution in [3.05, 3.63) is 47.6 Å². The van der Waals surface area contributed by atoms with Crippen LogP contribution in [0.3, 0.4) is 0 Å². The summed E-state index contributed by atoms with van der Waals surface area (Å²) in [5.74, 6) is 1.99. The Morgan fingerprint density at radius 1 is 1.07 bits per heavy atom. The van der Waals surface area contributed by atoms with Crippen LogP contribution in [0, 0.1) is 0 Å². The van der Waals surface area contributed by atoms with Gasteiger partial charge in [0, 0.05) is 44.7 Å². The van der Waals surface area contributed by atoms with Gasteiger partial charge in [-0.15, -0.1) is 10.2 Å². The second kappa shape index (κ2) is 8.59. The molecule has 0 radical (unpaired) electrons. The Balaban J connectivity index is 1.37. The normalized spacial score (nSPS) is 16.9. The van der Waals surface area contributed by atoms with Crippen molar-refractivity contribution in [1.82, 2.24) is 19.7 Å². The summed E-state index contributed by atoms with van der Waals surface area (Å²) in [7, 11) is 1.78. The molecule has 0 spiro atoms. The first-order valence-corrected chi connectivity index (χ1v) is 10.4. The number of amides is 2. The van der Waals surface area contributed by atoms with Crippen molar-refractivity contribution in [2.75, 3.05) is 18.5 Å². The molecule has 4 rings (SSSR count). The van der Waals surface area contributed by atoms with Gasteiger partial charge in [0.25, 0.3) is 0 Å². The van der Waals surface area contributed by atoms with Gasteiger partial charge in [-0.25, -0.2) is 0 Å². The fourth-order valence-electron chi connectivity index (χ4n) is 3.93. The van der Waals surface area contributed by atoms with Crippen molar-refractivity contribution >= 4 is 23.6 Å². The zero-order valence-corrected chi connectivity index (χ0v) is 16.9. The molecule has 152 valence electrons. The highest BCUT2D eigenvalue weighted by molar-refractivity contribution is 5.95. The molecule has 0 N–H and O–H groups in total. The van der Waals surface area contributed by atoms with Crippen LogP contribution in [0.1, 0.15) is 49.3 Å². The molecular formula is C22H27N5O2. The van der Waals surface area contributed by atoms with Gasteiger partial charge in [0.2, 0.25) is 11.8 Å².